The Morgan fingerprint density at radius 1 is 0.731 bits per heavy atom. The van der Waals surface area contributed by atoms with E-state index in [-0.39, 0.29) is 5.25 Å². The SMILES string of the molecule is Cc1ccc(N=C(Sc2ccccc2)C(C)Sc2ccc(C)cc2)cc1. The van der Waals surface area contributed by atoms with E-state index in [9.17, 15) is 0 Å². The van der Waals surface area contributed by atoms with Gasteiger partial charge in [-0.2, -0.15) is 0 Å². The summed E-state index contributed by atoms with van der Waals surface area (Å²) < 4.78 is 0. The molecule has 0 aliphatic heterocycles. The standard InChI is InChI=1S/C23H23NS2/c1-17-9-13-20(14-10-17)24-23(26-21-7-5-4-6-8-21)19(3)25-22-15-11-18(2)12-16-22/h4-16,19H,1-3H3. The first-order valence-electron chi connectivity index (χ1n) is 8.71. The summed E-state index contributed by atoms with van der Waals surface area (Å²) >= 11 is 3.60. The molecular formula is C23H23NS2. The van der Waals surface area contributed by atoms with Crippen molar-refractivity contribution in [3.05, 3.63) is 90.0 Å². The summed E-state index contributed by atoms with van der Waals surface area (Å²) in [6.45, 7) is 6.45. The van der Waals surface area contributed by atoms with Crippen molar-refractivity contribution in [1.82, 2.24) is 0 Å². The summed E-state index contributed by atoms with van der Waals surface area (Å²) in [5, 5.41) is 1.38. The molecule has 0 N–H and O–H groups in total. The van der Waals surface area contributed by atoms with E-state index in [4.69, 9.17) is 4.99 Å². The van der Waals surface area contributed by atoms with Crippen LogP contribution in [0.4, 0.5) is 5.69 Å². The van der Waals surface area contributed by atoms with Crippen LogP contribution in [-0.2, 0) is 0 Å². The van der Waals surface area contributed by atoms with Gasteiger partial charge >= 0.3 is 0 Å². The Balaban J connectivity index is 1.85. The van der Waals surface area contributed by atoms with E-state index in [0.29, 0.717) is 0 Å². The van der Waals surface area contributed by atoms with Crippen molar-refractivity contribution >= 4 is 34.3 Å². The molecule has 0 fully saturated rings. The van der Waals surface area contributed by atoms with Crippen LogP contribution in [0.3, 0.4) is 0 Å². The molecule has 1 nitrogen and oxygen atoms in total. The Morgan fingerprint density at radius 3 is 1.92 bits per heavy atom. The number of thioether (sulfide) groups is 2. The number of benzene rings is 3. The molecule has 0 radical (unpaired) electrons. The van der Waals surface area contributed by atoms with E-state index >= 15 is 0 Å². The average Bonchev–Trinajstić information content (AvgIpc) is 2.65. The summed E-state index contributed by atoms with van der Waals surface area (Å²) in [6.07, 6.45) is 0. The minimum absolute atomic E-state index is 0.268. The lowest BCUT2D eigenvalue weighted by Gasteiger charge is -2.15. The van der Waals surface area contributed by atoms with E-state index in [0.717, 1.165) is 10.7 Å². The predicted molar refractivity (Wildman–Crippen MR) is 117 cm³/mol. The summed E-state index contributed by atoms with van der Waals surface area (Å²) in [5.74, 6) is 0. The minimum atomic E-state index is 0.268. The van der Waals surface area contributed by atoms with E-state index in [2.05, 4.69) is 93.6 Å². The smallest absolute Gasteiger partial charge is 0.0917 e. The molecule has 3 heteroatoms. The van der Waals surface area contributed by atoms with Crippen LogP contribution in [0.25, 0.3) is 0 Å². The van der Waals surface area contributed by atoms with Crippen molar-refractivity contribution in [2.75, 3.05) is 0 Å². The van der Waals surface area contributed by atoms with Crippen molar-refractivity contribution in [1.29, 1.82) is 0 Å². The maximum atomic E-state index is 4.97. The summed E-state index contributed by atoms with van der Waals surface area (Å²) in [5.41, 5.74) is 3.54. The van der Waals surface area contributed by atoms with Crippen LogP contribution in [0.1, 0.15) is 18.1 Å². The second kappa shape index (κ2) is 9.11. The molecule has 132 valence electrons. The molecule has 3 aromatic carbocycles. The van der Waals surface area contributed by atoms with Gasteiger partial charge in [-0.05, 0) is 57.2 Å². The number of hydrogen-bond donors (Lipinski definition) is 0. The molecule has 1 unspecified atom stereocenters. The molecule has 0 heterocycles. The Labute approximate surface area is 165 Å². The highest BCUT2D eigenvalue weighted by atomic mass is 32.2. The lowest BCUT2D eigenvalue weighted by Crippen LogP contribution is -2.09. The molecular weight excluding hydrogens is 354 g/mol. The minimum Gasteiger partial charge on any atom is -0.245 e. The lowest BCUT2D eigenvalue weighted by atomic mass is 10.2. The van der Waals surface area contributed by atoms with Crippen molar-refractivity contribution in [2.24, 2.45) is 4.99 Å². The summed E-state index contributed by atoms with van der Waals surface area (Å²) in [6, 6.07) is 27.6. The molecule has 0 aromatic heterocycles. The fourth-order valence-electron chi connectivity index (χ4n) is 2.42. The van der Waals surface area contributed by atoms with Gasteiger partial charge in [0.2, 0.25) is 0 Å². The van der Waals surface area contributed by atoms with Gasteiger partial charge < -0.3 is 0 Å². The first-order chi connectivity index (χ1) is 12.6. The second-order valence-corrected chi connectivity index (χ2v) is 8.78. The third-order valence-electron chi connectivity index (χ3n) is 3.92. The average molecular weight is 378 g/mol. The normalized spacial score (nSPS) is 12.8. The molecule has 0 saturated carbocycles. The fourth-order valence-corrected chi connectivity index (χ4v) is 4.42. The third kappa shape index (κ3) is 5.52. The molecule has 3 aromatic rings. The number of nitrogens with zero attached hydrogens (tertiary/aromatic N) is 1. The predicted octanol–water partition coefficient (Wildman–Crippen LogP) is 7.31. The Morgan fingerprint density at radius 2 is 1.31 bits per heavy atom. The molecule has 3 rings (SSSR count). The van der Waals surface area contributed by atoms with Crippen molar-refractivity contribution in [3.8, 4) is 0 Å². The zero-order chi connectivity index (χ0) is 18.4. The van der Waals surface area contributed by atoms with Gasteiger partial charge in [-0.15, -0.1) is 11.8 Å². The van der Waals surface area contributed by atoms with Crippen LogP contribution in [-0.4, -0.2) is 10.3 Å². The van der Waals surface area contributed by atoms with Crippen molar-refractivity contribution in [2.45, 2.75) is 35.8 Å². The van der Waals surface area contributed by atoms with Gasteiger partial charge in [-0.3, -0.25) is 0 Å². The van der Waals surface area contributed by atoms with Crippen LogP contribution in [0.5, 0.6) is 0 Å². The molecule has 26 heavy (non-hydrogen) atoms. The highest BCUT2D eigenvalue weighted by molar-refractivity contribution is 8.16. The van der Waals surface area contributed by atoms with Gasteiger partial charge in [-0.1, -0.05) is 65.4 Å². The van der Waals surface area contributed by atoms with Crippen LogP contribution in [0.15, 0.2) is 93.6 Å². The highest BCUT2D eigenvalue weighted by Crippen LogP contribution is 2.32. The van der Waals surface area contributed by atoms with Crippen LogP contribution >= 0.6 is 23.5 Å². The number of aryl methyl sites for hydroxylation is 2. The number of aliphatic imine (C=N–C) groups is 1. The third-order valence-corrected chi connectivity index (χ3v) is 6.35. The van der Waals surface area contributed by atoms with Crippen molar-refractivity contribution < 1.29 is 0 Å². The first-order valence-corrected chi connectivity index (χ1v) is 10.4. The largest absolute Gasteiger partial charge is 0.245 e. The van der Waals surface area contributed by atoms with E-state index in [1.165, 1.54) is 20.9 Å². The molecule has 1 atom stereocenters. The second-order valence-electron chi connectivity index (χ2n) is 6.27. The van der Waals surface area contributed by atoms with Crippen molar-refractivity contribution in [3.63, 3.8) is 0 Å². The van der Waals surface area contributed by atoms with Gasteiger partial charge in [0.15, 0.2) is 0 Å². The van der Waals surface area contributed by atoms with Gasteiger partial charge in [0.1, 0.15) is 0 Å². The monoisotopic (exact) mass is 377 g/mol. The maximum Gasteiger partial charge on any atom is 0.0917 e. The zero-order valence-electron chi connectivity index (χ0n) is 15.3. The summed E-state index contributed by atoms with van der Waals surface area (Å²) in [7, 11) is 0. The molecule has 0 aliphatic carbocycles. The van der Waals surface area contributed by atoms with E-state index < -0.39 is 0 Å². The van der Waals surface area contributed by atoms with Gasteiger partial charge in [0.25, 0.3) is 0 Å². The van der Waals surface area contributed by atoms with E-state index in [1.54, 1.807) is 11.8 Å². The van der Waals surface area contributed by atoms with Gasteiger partial charge in [0.05, 0.1) is 16.0 Å². The van der Waals surface area contributed by atoms with Crippen LogP contribution in [0.2, 0.25) is 0 Å². The summed E-state index contributed by atoms with van der Waals surface area (Å²) in [4.78, 5) is 7.46. The Hall–Kier alpha value is -1.97. The molecule has 0 bridgehead atoms. The number of hydrogen-bond acceptors (Lipinski definition) is 3. The van der Waals surface area contributed by atoms with Crippen LogP contribution < -0.4 is 0 Å². The maximum absolute atomic E-state index is 4.97. The fraction of sp³-hybridized carbons (Fsp3) is 0.174. The molecule has 0 aliphatic rings. The highest BCUT2D eigenvalue weighted by Gasteiger charge is 2.14. The number of rotatable bonds is 5. The van der Waals surface area contributed by atoms with Gasteiger partial charge in [0, 0.05) is 9.79 Å². The topological polar surface area (TPSA) is 12.4 Å². The quantitative estimate of drug-likeness (QED) is 0.262. The first kappa shape index (κ1) is 18.8. The molecule has 0 amide bonds. The molecule has 0 saturated heterocycles. The van der Waals surface area contributed by atoms with E-state index in [1.807, 2.05) is 17.8 Å². The van der Waals surface area contributed by atoms with Crippen LogP contribution in [0, 0.1) is 13.8 Å². The zero-order valence-corrected chi connectivity index (χ0v) is 17.0. The lowest BCUT2D eigenvalue weighted by molar-refractivity contribution is 1.29. The Bertz CT molecular complexity index is 853. The van der Waals surface area contributed by atoms with Gasteiger partial charge in [-0.25, -0.2) is 4.99 Å². The Kier molecular flexibility index (Phi) is 6.59. The molecule has 0 spiro atoms.